The van der Waals surface area contributed by atoms with E-state index < -0.39 is 0 Å². The van der Waals surface area contributed by atoms with E-state index in [1.807, 2.05) is 36.4 Å². The van der Waals surface area contributed by atoms with Crippen molar-refractivity contribution >= 4 is 39.1 Å². The van der Waals surface area contributed by atoms with Gasteiger partial charge in [0.05, 0.1) is 10.7 Å². The van der Waals surface area contributed by atoms with Gasteiger partial charge in [-0.3, -0.25) is 0 Å². The third-order valence-corrected chi connectivity index (χ3v) is 4.68. The van der Waals surface area contributed by atoms with Crippen LogP contribution in [-0.2, 0) is 0 Å². The zero-order valence-corrected chi connectivity index (χ0v) is 13.5. The Hall–Kier alpha value is -1.65. The van der Waals surface area contributed by atoms with Crippen molar-refractivity contribution < 1.29 is 0 Å². The van der Waals surface area contributed by atoms with Gasteiger partial charge in [-0.15, -0.1) is 5.10 Å². The predicted octanol–water partition coefficient (Wildman–Crippen LogP) is 4.35. The van der Waals surface area contributed by atoms with Crippen molar-refractivity contribution in [2.24, 2.45) is 15.9 Å². The van der Waals surface area contributed by atoms with E-state index in [-0.39, 0.29) is 5.92 Å². The van der Waals surface area contributed by atoms with Gasteiger partial charge in [-0.05, 0) is 33.6 Å². The van der Waals surface area contributed by atoms with Gasteiger partial charge >= 0.3 is 0 Å². The van der Waals surface area contributed by atoms with E-state index >= 15 is 0 Å². The number of nitrogens with two attached hydrogens (primary N) is 1. The van der Waals surface area contributed by atoms with Crippen molar-refractivity contribution in [2.45, 2.75) is 12.3 Å². The van der Waals surface area contributed by atoms with Crippen LogP contribution in [-0.4, -0.2) is 11.5 Å². The number of nitrogens with zero attached hydrogens (tertiary/aromatic N) is 2. The summed E-state index contributed by atoms with van der Waals surface area (Å²) in [5, 5.41) is 9.02. The molecule has 2 N–H and O–H groups in total. The molecule has 0 amide bonds. The lowest BCUT2D eigenvalue weighted by Gasteiger charge is -2.22. The van der Waals surface area contributed by atoms with Gasteiger partial charge in [-0.1, -0.05) is 48.0 Å². The monoisotopic (exact) mass is 361 g/mol. The molecule has 0 bridgehead atoms. The zero-order chi connectivity index (χ0) is 14.8. The topological polar surface area (TPSA) is 50.7 Å². The number of hydrogen-bond acceptors (Lipinski definition) is 3. The smallest absolute Gasteiger partial charge is 0.123 e. The molecule has 0 spiro atoms. The number of hydrogen-bond donors (Lipinski definition) is 1. The predicted molar refractivity (Wildman–Crippen MR) is 91.1 cm³/mol. The van der Waals surface area contributed by atoms with E-state index in [0.29, 0.717) is 17.3 Å². The molecular weight excluding hydrogens is 350 g/mol. The first-order valence-electron chi connectivity index (χ1n) is 6.55. The highest BCUT2D eigenvalue weighted by Gasteiger charge is 2.24. The van der Waals surface area contributed by atoms with Crippen molar-refractivity contribution in [1.29, 1.82) is 0 Å². The van der Waals surface area contributed by atoms with Crippen molar-refractivity contribution in [3.63, 3.8) is 0 Å². The van der Waals surface area contributed by atoms with Gasteiger partial charge < -0.3 is 5.73 Å². The molecule has 5 heteroatoms. The molecule has 3 rings (SSSR count). The van der Waals surface area contributed by atoms with Crippen molar-refractivity contribution in [3.05, 3.63) is 69.2 Å². The van der Waals surface area contributed by atoms with Gasteiger partial charge in [0.25, 0.3) is 0 Å². The highest BCUT2D eigenvalue weighted by atomic mass is 79.9. The van der Waals surface area contributed by atoms with Gasteiger partial charge in [0.1, 0.15) is 5.84 Å². The minimum Gasteiger partial charge on any atom is -0.386 e. The summed E-state index contributed by atoms with van der Waals surface area (Å²) in [6.45, 7) is 0. The lowest BCUT2D eigenvalue weighted by molar-refractivity contribution is 0.887. The quantitative estimate of drug-likeness (QED) is 0.848. The third kappa shape index (κ3) is 3.01. The summed E-state index contributed by atoms with van der Waals surface area (Å²) in [4.78, 5) is 0. The Labute approximate surface area is 136 Å². The first-order chi connectivity index (χ1) is 10.1. The van der Waals surface area contributed by atoms with Gasteiger partial charge in [-0.25, -0.2) is 0 Å². The minimum absolute atomic E-state index is 0.0981. The second kappa shape index (κ2) is 6.00. The Morgan fingerprint density at radius 2 is 1.86 bits per heavy atom. The normalized spacial score (nSPS) is 18.1. The van der Waals surface area contributed by atoms with Crippen LogP contribution in [0.2, 0.25) is 5.02 Å². The molecular formula is C16H13BrClN3. The summed E-state index contributed by atoms with van der Waals surface area (Å²) < 4.78 is 0.864. The van der Waals surface area contributed by atoms with Crippen LogP contribution in [0.3, 0.4) is 0 Å². The number of halogens is 2. The largest absolute Gasteiger partial charge is 0.386 e. The highest BCUT2D eigenvalue weighted by molar-refractivity contribution is 9.10. The lowest BCUT2D eigenvalue weighted by Crippen LogP contribution is -2.25. The van der Waals surface area contributed by atoms with Crippen molar-refractivity contribution in [3.8, 4) is 0 Å². The number of rotatable bonds is 2. The molecule has 106 valence electrons. The fourth-order valence-corrected chi connectivity index (χ4v) is 2.84. The van der Waals surface area contributed by atoms with Crippen LogP contribution >= 0.6 is 27.5 Å². The summed E-state index contributed by atoms with van der Waals surface area (Å²) in [5.74, 6) is 0.650. The molecule has 1 heterocycles. The average Bonchev–Trinajstić information content (AvgIpc) is 2.51. The Morgan fingerprint density at radius 1 is 1.10 bits per heavy atom. The average molecular weight is 363 g/mol. The maximum atomic E-state index is 6.19. The standard InChI is InChI=1S/C16H13BrClN3/c17-13-7-6-11(8-14(13)18)16-12(9-15(19)20-21-16)10-4-2-1-3-5-10/h1-8,12H,9H2,(H2,19,20). The van der Waals surface area contributed by atoms with Gasteiger partial charge in [0, 0.05) is 22.4 Å². The Kier molecular flexibility index (Phi) is 4.08. The Morgan fingerprint density at radius 3 is 2.57 bits per heavy atom. The maximum Gasteiger partial charge on any atom is 0.123 e. The maximum absolute atomic E-state index is 6.19. The molecule has 2 aromatic carbocycles. The summed E-state index contributed by atoms with van der Waals surface area (Å²) in [7, 11) is 0. The molecule has 0 radical (unpaired) electrons. The molecule has 3 nitrogen and oxygen atoms in total. The van der Waals surface area contributed by atoms with Gasteiger partial charge in [0.15, 0.2) is 0 Å². The number of benzene rings is 2. The van der Waals surface area contributed by atoms with Crippen molar-refractivity contribution in [1.82, 2.24) is 0 Å². The summed E-state index contributed by atoms with van der Waals surface area (Å²) in [5.41, 5.74) is 8.90. The molecule has 1 aliphatic rings. The van der Waals surface area contributed by atoms with Crippen LogP contribution in [0.4, 0.5) is 0 Å². The van der Waals surface area contributed by atoms with E-state index in [1.165, 1.54) is 5.56 Å². The summed E-state index contributed by atoms with van der Waals surface area (Å²) in [6, 6.07) is 16.0. The highest BCUT2D eigenvalue weighted by Crippen LogP contribution is 2.30. The first-order valence-corrected chi connectivity index (χ1v) is 7.72. The van der Waals surface area contributed by atoms with Crippen LogP contribution in [0, 0.1) is 0 Å². The van der Waals surface area contributed by atoms with Crippen LogP contribution < -0.4 is 5.73 Å². The van der Waals surface area contributed by atoms with E-state index in [4.69, 9.17) is 17.3 Å². The second-order valence-electron chi connectivity index (χ2n) is 4.87. The molecule has 0 saturated heterocycles. The van der Waals surface area contributed by atoms with E-state index in [1.54, 1.807) is 0 Å². The van der Waals surface area contributed by atoms with Crippen molar-refractivity contribution in [2.75, 3.05) is 0 Å². The second-order valence-corrected chi connectivity index (χ2v) is 6.13. The van der Waals surface area contributed by atoms with Crippen LogP contribution in [0.15, 0.2) is 63.2 Å². The van der Waals surface area contributed by atoms with E-state index in [9.17, 15) is 0 Å². The molecule has 0 fully saturated rings. The van der Waals surface area contributed by atoms with Crippen LogP contribution in [0.5, 0.6) is 0 Å². The Balaban J connectivity index is 2.06. The fourth-order valence-electron chi connectivity index (χ4n) is 2.41. The summed E-state index contributed by atoms with van der Waals surface area (Å²) >= 11 is 9.60. The SMILES string of the molecule is NC1=NN=C(c2ccc(Br)c(Cl)c2)C(c2ccccc2)C1. The molecule has 1 atom stereocenters. The van der Waals surface area contributed by atoms with Gasteiger partial charge in [-0.2, -0.15) is 5.10 Å². The fraction of sp³-hybridized carbons (Fsp3) is 0.125. The van der Waals surface area contributed by atoms with E-state index in [0.717, 1.165) is 15.7 Å². The molecule has 0 aromatic heterocycles. The summed E-state index contributed by atoms with van der Waals surface area (Å²) in [6.07, 6.45) is 0.663. The molecule has 1 aliphatic heterocycles. The lowest BCUT2D eigenvalue weighted by atomic mass is 9.86. The van der Waals surface area contributed by atoms with Crippen LogP contribution in [0.25, 0.3) is 0 Å². The first kappa shape index (κ1) is 14.3. The van der Waals surface area contributed by atoms with Gasteiger partial charge in [0.2, 0.25) is 0 Å². The molecule has 2 aromatic rings. The molecule has 0 saturated carbocycles. The minimum atomic E-state index is 0.0981. The number of amidine groups is 1. The Bertz CT molecular complexity index is 726. The van der Waals surface area contributed by atoms with Crippen LogP contribution in [0.1, 0.15) is 23.5 Å². The zero-order valence-electron chi connectivity index (χ0n) is 11.1. The third-order valence-electron chi connectivity index (χ3n) is 3.45. The molecule has 1 unspecified atom stereocenters. The van der Waals surface area contributed by atoms with E-state index in [2.05, 4.69) is 38.3 Å². The molecule has 21 heavy (non-hydrogen) atoms. The molecule has 0 aliphatic carbocycles.